The molecule has 0 aliphatic rings. The number of likely N-dealkylation sites (N-methyl/N-ethyl adjacent to an activating group) is 1. The Morgan fingerprint density at radius 1 is 0.574 bits per heavy atom. The molecule has 0 saturated heterocycles. The van der Waals surface area contributed by atoms with Gasteiger partial charge < -0.3 is 23.8 Å². The van der Waals surface area contributed by atoms with Crippen LogP contribution in [0, 0.1) is 0 Å². The van der Waals surface area contributed by atoms with E-state index in [4.69, 9.17) is 14.2 Å². The lowest BCUT2D eigenvalue weighted by molar-refractivity contribution is -0.887. The Hall–Kier alpha value is -2.71. The van der Waals surface area contributed by atoms with Gasteiger partial charge in [-0.3, -0.25) is 9.59 Å². The number of rotatable bonds is 38. The number of carbonyl (C=O) groups excluding carboxylic acids is 2. The summed E-state index contributed by atoms with van der Waals surface area (Å²) < 4.78 is 17.2. The van der Waals surface area contributed by atoms with Crippen molar-refractivity contribution in [2.45, 2.75) is 187 Å². The van der Waals surface area contributed by atoms with E-state index in [0.717, 1.165) is 64.2 Å². The number of carboxylic acid groups (broad SMARTS) is 1. The van der Waals surface area contributed by atoms with Gasteiger partial charge in [0.25, 0.3) is 0 Å². The standard InChI is InChI=1S/C46H81NO7/c1-6-8-10-12-14-16-18-20-21-22-23-25-26-28-30-32-34-36-44(48)53-41-42(40-52-39-38-43(46(50)51)47(3,4)5)54-45(49)37-35-33-31-29-27-24-19-17-15-13-11-9-7-2/h9,11,13,15,17,19-21,42-43H,6-8,10,12,14,16,18,22-41H2,1-5H3/p+1/b11-9+,15-13+,19-17+,21-20+. The monoisotopic (exact) mass is 761 g/mol. The third-order valence-electron chi connectivity index (χ3n) is 9.52. The normalized spacial score (nSPS) is 13.4. The number of hydrogen-bond acceptors (Lipinski definition) is 6. The van der Waals surface area contributed by atoms with Crippen molar-refractivity contribution in [3.63, 3.8) is 0 Å². The third kappa shape index (κ3) is 35.0. The molecule has 0 amide bonds. The third-order valence-corrected chi connectivity index (χ3v) is 9.52. The molecule has 8 heteroatoms. The molecule has 0 aromatic rings. The predicted octanol–water partition coefficient (Wildman–Crippen LogP) is 11.6. The van der Waals surface area contributed by atoms with Gasteiger partial charge in [0.2, 0.25) is 0 Å². The first kappa shape index (κ1) is 51.3. The van der Waals surface area contributed by atoms with Gasteiger partial charge in [-0.2, -0.15) is 0 Å². The highest BCUT2D eigenvalue weighted by Gasteiger charge is 2.31. The summed E-state index contributed by atoms with van der Waals surface area (Å²) in [5.41, 5.74) is 0. The van der Waals surface area contributed by atoms with Crippen molar-refractivity contribution in [3.8, 4) is 0 Å². The molecule has 0 radical (unpaired) electrons. The van der Waals surface area contributed by atoms with E-state index in [0.29, 0.717) is 19.3 Å². The first-order chi connectivity index (χ1) is 26.1. The lowest BCUT2D eigenvalue weighted by Gasteiger charge is -2.31. The van der Waals surface area contributed by atoms with E-state index in [-0.39, 0.29) is 36.2 Å². The average molecular weight is 761 g/mol. The lowest BCUT2D eigenvalue weighted by Crippen LogP contribution is -2.50. The number of esters is 2. The molecular weight excluding hydrogens is 679 g/mol. The Bertz CT molecular complexity index is 1030. The fourth-order valence-corrected chi connectivity index (χ4v) is 6.14. The summed E-state index contributed by atoms with van der Waals surface area (Å²) in [4.78, 5) is 36.9. The van der Waals surface area contributed by atoms with Crippen LogP contribution in [0.15, 0.2) is 48.6 Å². The molecule has 1 N–H and O–H groups in total. The van der Waals surface area contributed by atoms with Crippen LogP contribution in [-0.4, -0.2) is 80.6 Å². The number of carboxylic acids is 1. The van der Waals surface area contributed by atoms with Crippen LogP contribution in [0.4, 0.5) is 0 Å². The van der Waals surface area contributed by atoms with Gasteiger partial charge in [0.1, 0.15) is 6.61 Å². The molecule has 0 bridgehead atoms. The van der Waals surface area contributed by atoms with Crippen LogP contribution in [0.3, 0.4) is 0 Å². The van der Waals surface area contributed by atoms with E-state index in [1.807, 2.05) is 27.2 Å². The van der Waals surface area contributed by atoms with E-state index in [1.165, 1.54) is 77.0 Å². The quantitative estimate of drug-likeness (QED) is 0.0220. The molecule has 54 heavy (non-hydrogen) atoms. The smallest absolute Gasteiger partial charge is 0.362 e. The molecule has 0 aliphatic carbocycles. The molecule has 2 unspecified atom stereocenters. The number of quaternary nitrogens is 1. The number of nitrogens with zero attached hydrogens (tertiary/aromatic N) is 1. The molecule has 0 heterocycles. The van der Waals surface area contributed by atoms with Crippen molar-refractivity contribution >= 4 is 17.9 Å². The minimum atomic E-state index is -0.881. The summed E-state index contributed by atoms with van der Waals surface area (Å²) in [5, 5.41) is 9.61. The van der Waals surface area contributed by atoms with E-state index in [9.17, 15) is 19.5 Å². The number of ether oxygens (including phenoxy) is 3. The van der Waals surface area contributed by atoms with E-state index >= 15 is 0 Å². The van der Waals surface area contributed by atoms with Gasteiger partial charge in [-0.15, -0.1) is 0 Å². The number of carbonyl (C=O) groups is 3. The first-order valence-corrected chi connectivity index (χ1v) is 21.7. The summed E-state index contributed by atoms with van der Waals surface area (Å²) >= 11 is 0. The van der Waals surface area contributed by atoms with Crippen molar-refractivity contribution in [2.24, 2.45) is 0 Å². The zero-order valence-corrected chi connectivity index (χ0v) is 35.4. The minimum absolute atomic E-state index is 0.0506. The summed E-state index contributed by atoms with van der Waals surface area (Å²) in [6.07, 6.45) is 42.9. The lowest BCUT2D eigenvalue weighted by atomic mass is 10.1. The summed E-state index contributed by atoms with van der Waals surface area (Å²) in [5.74, 6) is -1.50. The maximum atomic E-state index is 12.7. The Morgan fingerprint density at radius 2 is 1.06 bits per heavy atom. The van der Waals surface area contributed by atoms with Crippen LogP contribution < -0.4 is 0 Å². The van der Waals surface area contributed by atoms with Crippen molar-refractivity contribution in [1.29, 1.82) is 0 Å². The van der Waals surface area contributed by atoms with Crippen molar-refractivity contribution < 1.29 is 38.2 Å². The van der Waals surface area contributed by atoms with Gasteiger partial charge in [0.15, 0.2) is 12.1 Å². The number of allylic oxidation sites excluding steroid dienone is 8. The zero-order chi connectivity index (χ0) is 40.0. The van der Waals surface area contributed by atoms with Crippen LogP contribution in [0.5, 0.6) is 0 Å². The predicted molar refractivity (Wildman–Crippen MR) is 224 cm³/mol. The molecular formula is C46H82NO7+. The number of unbranched alkanes of at least 4 members (excludes halogenated alkanes) is 18. The maximum absolute atomic E-state index is 12.7. The fraction of sp³-hybridized carbons (Fsp3) is 0.761. The fourth-order valence-electron chi connectivity index (χ4n) is 6.14. The maximum Gasteiger partial charge on any atom is 0.362 e. The van der Waals surface area contributed by atoms with Crippen LogP contribution in [-0.2, 0) is 28.6 Å². The van der Waals surface area contributed by atoms with Gasteiger partial charge >= 0.3 is 17.9 Å². The van der Waals surface area contributed by atoms with E-state index in [2.05, 4.69) is 56.4 Å². The molecule has 0 aliphatic heterocycles. The molecule has 0 fully saturated rings. The minimum Gasteiger partial charge on any atom is -0.477 e. The van der Waals surface area contributed by atoms with Crippen LogP contribution in [0.2, 0.25) is 0 Å². The summed E-state index contributed by atoms with van der Waals surface area (Å²) in [7, 11) is 5.51. The molecule has 8 nitrogen and oxygen atoms in total. The molecule has 2 atom stereocenters. The van der Waals surface area contributed by atoms with Gasteiger partial charge in [-0.05, 0) is 57.8 Å². The highest BCUT2D eigenvalue weighted by atomic mass is 16.6. The Labute approximate surface area is 331 Å². The second kappa shape index (κ2) is 37.2. The topological polar surface area (TPSA) is 99.1 Å². The molecule has 0 saturated carbocycles. The Balaban J connectivity index is 4.36. The van der Waals surface area contributed by atoms with Gasteiger partial charge in [0.05, 0.1) is 34.4 Å². The second-order valence-electron chi connectivity index (χ2n) is 15.6. The van der Waals surface area contributed by atoms with Gasteiger partial charge in [-0.25, -0.2) is 4.79 Å². The molecule has 0 rings (SSSR count). The van der Waals surface area contributed by atoms with E-state index < -0.39 is 18.1 Å². The second-order valence-corrected chi connectivity index (χ2v) is 15.6. The number of aliphatic carboxylic acids is 1. The van der Waals surface area contributed by atoms with Gasteiger partial charge in [0, 0.05) is 19.3 Å². The van der Waals surface area contributed by atoms with Gasteiger partial charge in [-0.1, -0.05) is 146 Å². The Morgan fingerprint density at radius 3 is 1.57 bits per heavy atom. The van der Waals surface area contributed by atoms with Crippen LogP contribution >= 0.6 is 0 Å². The summed E-state index contributed by atoms with van der Waals surface area (Å²) in [6, 6.07) is -0.619. The van der Waals surface area contributed by atoms with Crippen molar-refractivity contribution in [1.82, 2.24) is 0 Å². The van der Waals surface area contributed by atoms with Crippen molar-refractivity contribution in [2.75, 3.05) is 41.0 Å². The molecule has 0 spiro atoms. The largest absolute Gasteiger partial charge is 0.477 e. The zero-order valence-electron chi connectivity index (χ0n) is 35.4. The van der Waals surface area contributed by atoms with Crippen molar-refractivity contribution in [3.05, 3.63) is 48.6 Å². The summed E-state index contributed by atoms with van der Waals surface area (Å²) in [6.45, 7) is 4.57. The Kier molecular flexibility index (Phi) is 35.4. The number of hydrogen-bond donors (Lipinski definition) is 1. The van der Waals surface area contributed by atoms with Crippen LogP contribution in [0.1, 0.15) is 174 Å². The van der Waals surface area contributed by atoms with E-state index in [1.54, 1.807) is 0 Å². The SMILES string of the molecule is CC/C=C/C=C/C=C/CCCCCCCC(=O)OC(COCCC(C(=O)O)[N+](C)(C)C)COC(=O)CCCCCCCCC/C=C/CCCCCCCC. The molecule has 0 aromatic heterocycles. The first-order valence-electron chi connectivity index (χ1n) is 21.7. The highest BCUT2D eigenvalue weighted by molar-refractivity contribution is 5.72. The average Bonchev–Trinajstić information content (AvgIpc) is 3.12. The molecule has 0 aromatic carbocycles. The molecule has 312 valence electrons. The highest BCUT2D eigenvalue weighted by Crippen LogP contribution is 2.14. The van der Waals surface area contributed by atoms with Crippen LogP contribution in [0.25, 0.3) is 0 Å².